The number of ether oxygens (including phenoxy) is 1. The molecule has 1 aliphatic heterocycles. The number of nitrogens with zero attached hydrogens (tertiary/aromatic N) is 2. The molecule has 2 rings (SSSR count). The van der Waals surface area contributed by atoms with E-state index >= 15 is 0 Å². The summed E-state index contributed by atoms with van der Waals surface area (Å²) in [6.07, 6.45) is 6.09. The highest BCUT2D eigenvalue weighted by Gasteiger charge is 2.14. The summed E-state index contributed by atoms with van der Waals surface area (Å²) in [6.45, 7) is 2.94. The van der Waals surface area contributed by atoms with Gasteiger partial charge in [-0.25, -0.2) is 9.97 Å². The van der Waals surface area contributed by atoms with E-state index in [1.807, 2.05) is 0 Å². The molecule has 1 unspecified atom stereocenters. The molecule has 0 aliphatic carbocycles. The first-order valence-electron chi connectivity index (χ1n) is 4.53. The van der Waals surface area contributed by atoms with E-state index in [4.69, 9.17) is 4.74 Å². The number of nitrogens with one attached hydrogen (secondary N) is 1. The largest absolute Gasteiger partial charge is 0.490 e. The van der Waals surface area contributed by atoms with E-state index in [2.05, 4.69) is 15.3 Å². The molecule has 0 amide bonds. The van der Waals surface area contributed by atoms with E-state index in [-0.39, 0.29) is 0 Å². The lowest BCUT2D eigenvalue weighted by Gasteiger charge is -2.09. The molecule has 13 heavy (non-hydrogen) atoms. The molecule has 1 aromatic rings. The maximum Gasteiger partial charge on any atom is 0.155 e. The van der Waals surface area contributed by atoms with Crippen LogP contribution in [0.3, 0.4) is 0 Å². The van der Waals surface area contributed by atoms with Crippen molar-refractivity contribution in [2.24, 2.45) is 5.92 Å². The summed E-state index contributed by atoms with van der Waals surface area (Å²) in [5, 5.41) is 3.30. The van der Waals surface area contributed by atoms with Gasteiger partial charge in [0.25, 0.3) is 0 Å². The Bertz CT molecular complexity index is 246. The van der Waals surface area contributed by atoms with Gasteiger partial charge < -0.3 is 10.1 Å². The zero-order valence-electron chi connectivity index (χ0n) is 7.44. The third-order valence-electron chi connectivity index (χ3n) is 2.18. The Hall–Kier alpha value is -1.16. The van der Waals surface area contributed by atoms with Crippen molar-refractivity contribution >= 4 is 0 Å². The maximum atomic E-state index is 5.52. The Morgan fingerprint density at radius 1 is 1.46 bits per heavy atom. The van der Waals surface area contributed by atoms with Gasteiger partial charge in [0.2, 0.25) is 0 Å². The van der Waals surface area contributed by atoms with Crippen molar-refractivity contribution in [1.29, 1.82) is 0 Å². The summed E-state index contributed by atoms with van der Waals surface area (Å²) in [7, 11) is 0. The monoisotopic (exact) mass is 179 g/mol. The molecule has 0 saturated carbocycles. The lowest BCUT2D eigenvalue weighted by atomic mass is 10.1. The molecule has 70 valence electrons. The SMILES string of the molecule is c1ncc(OCC2CCNC2)cn1. The Labute approximate surface area is 77.4 Å². The topological polar surface area (TPSA) is 47.0 Å². The summed E-state index contributed by atoms with van der Waals surface area (Å²) in [5.41, 5.74) is 0. The van der Waals surface area contributed by atoms with Gasteiger partial charge in [-0.3, -0.25) is 0 Å². The molecular weight excluding hydrogens is 166 g/mol. The van der Waals surface area contributed by atoms with Crippen LogP contribution in [-0.2, 0) is 0 Å². The molecule has 1 aliphatic rings. The van der Waals surface area contributed by atoms with Gasteiger partial charge in [0, 0.05) is 12.5 Å². The van der Waals surface area contributed by atoms with Crippen LogP contribution in [0.15, 0.2) is 18.7 Å². The van der Waals surface area contributed by atoms with Crippen molar-refractivity contribution in [1.82, 2.24) is 15.3 Å². The van der Waals surface area contributed by atoms with Crippen LogP contribution in [0.5, 0.6) is 5.75 Å². The van der Waals surface area contributed by atoms with Gasteiger partial charge in [-0.15, -0.1) is 0 Å². The molecule has 0 aromatic carbocycles. The molecular formula is C9H13N3O. The van der Waals surface area contributed by atoms with E-state index in [1.165, 1.54) is 12.7 Å². The normalized spacial score (nSPS) is 21.7. The molecule has 0 spiro atoms. The van der Waals surface area contributed by atoms with E-state index < -0.39 is 0 Å². The second-order valence-electron chi connectivity index (χ2n) is 3.24. The van der Waals surface area contributed by atoms with Crippen molar-refractivity contribution in [3.05, 3.63) is 18.7 Å². The number of hydrogen-bond donors (Lipinski definition) is 1. The van der Waals surface area contributed by atoms with Gasteiger partial charge in [0.15, 0.2) is 5.75 Å². The van der Waals surface area contributed by atoms with Gasteiger partial charge in [-0.05, 0) is 13.0 Å². The molecule has 2 heterocycles. The average molecular weight is 179 g/mol. The van der Waals surface area contributed by atoms with E-state index in [0.717, 1.165) is 25.4 Å². The molecule has 4 nitrogen and oxygen atoms in total. The highest BCUT2D eigenvalue weighted by Crippen LogP contribution is 2.11. The Kier molecular flexibility index (Phi) is 2.72. The molecule has 1 saturated heterocycles. The van der Waals surface area contributed by atoms with Crippen molar-refractivity contribution in [2.75, 3.05) is 19.7 Å². The first kappa shape index (κ1) is 8.44. The first-order valence-corrected chi connectivity index (χ1v) is 4.53. The summed E-state index contributed by atoms with van der Waals surface area (Å²) in [4.78, 5) is 7.76. The van der Waals surface area contributed by atoms with Crippen LogP contribution in [0.25, 0.3) is 0 Å². The van der Waals surface area contributed by atoms with Crippen LogP contribution in [0.1, 0.15) is 6.42 Å². The van der Waals surface area contributed by atoms with E-state index in [1.54, 1.807) is 12.4 Å². The van der Waals surface area contributed by atoms with Gasteiger partial charge in [-0.2, -0.15) is 0 Å². The van der Waals surface area contributed by atoms with Crippen molar-refractivity contribution in [3.63, 3.8) is 0 Å². The van der Waals surface area contributed by atoms with Crippen LogP contribution in [0.2, 0.25) is 0 Å². The Morgan fingerprint density at radius 3 is 3.00 bits per heavy atom. The fourth-order valence-electron chi connectivity index (χ4n) is 1.43. The minimum Gasteiger partial charge on any atom is -0.490 e. The highest BCUT2D eigenvalue weighted by molar-refractivity contribution is 5.09. The minimum absolute atomic E-state index is 0.639. The van der Waals surface area contributed by atoms with Crippen LogP contribution in [-0.4, -0.2) is 29.7 Å². The van der Waals surface area contributed by atoms with Crippen LogP contribution >= 0.6 is 0 Å². The second-order valence-corrected chi connectivity index (χ2v) is 3.24. The second kappa shape index (κ2) is 4.18. The van der Waals surface area contributed by atoms with Crippen molar-refractivity contribution in [3.8, 4) is 5.75 Å². The number of aromatic nitrogens is 2. The minimum atomic E-state index is 0.639. The third kappa shape index (κ3) is 2.39. The smallest absolute Gasteiger partial charge is 0.155 e. The number of hydrogen-bond acceptors (Lipinski definition) is 4. The fourth-order valence-corrected chi connectivity index (χ4v) is 1.43. The fraction of sp³-hybridized carbons (Fsp3) is 0.556. The summed E-state index contributed by atoms with van der Waals surface area (Å²) >= 11 is 0. The molecule has 1 aromatic heterocycles. The van der Waals surface area contributed by atoms with Crippen molar-refractivity contribution < 1.29 is 4.74 Å². The lowest BCUT2D eigenvalue weighted by molar-refractivity contribution is 0.258. The standard InChI is InChI=1S/C9H13N3O/c1-2-10-3-8(1)6-13-9-4-11-7-12-5-9/h4-5,7-8,10H,1-3,6H2. The maximum absolute atomic E-state index is 5.52. The average Bonchev–Trinajstić information content (AvgIpc) is 2.69. The molecule has 1 atom stereocenters. The summed E-state index contributed by atoms with van der Waals surface area (Å²) in [5.74, 6) is 1.40. The summed E-state index contributed by atoms with van der Waals surface area (Å²) < 4.78 is 5.52. The highest BCUT2D eigenvalue weighted by atomic mass is 16.5. The lowest BCUT2D eigenvalue weighted by Crippen LogP contribution is -2.15. The summed E-state index contributed by atoms with van der Waals surface area (Å²) in [6, 6.07) is 0. The van der Waals surface area contributed by atoms with Gasteiger partial charge in [0.1, 0.15) is 6.33 Å². The van der Waals surface area contributed by atoms with E-state index in [0.29, 0.717) is 5.92 Å². The van der Waals surface area contributed by atoms with Gasteiger partial charge in [0.05, 0.1) is 19.0 Å². The predicted molar refractivity (Wildman–Crippen MR) is 48.5 cm³/mol. The Morgan fingerprint density at radius 2 is 2.31 bits per heavy atom. The van der Waals surface area contributed by atoms with Gasteiger partial charge in [-0.1, -0.05) is 0 Å². The molecule has 0 bridgehead atoms. The zero-order valence-corrected chi connectivity index (χ0v) is 7.44. The van der Waals surface area contributed by atoms with E-state index in [9.17, 15) is 0 Å². The zero-order chi connectivity index (χ0) is 8.93. The van der Waals surface area contributed by atoms with Crippen LogP contribution < -0.4 is 10.1 Å². The van der Waals surface area contributed by atoms with Gasteiger partial charge >= 0.3 is 0 Å². The number of rotatable bonds is 3. The quantitative estimate of drug-likeness (QED) is 0.732. The molecule has 1 fully saturated rings. The molecule has 1 N–H and O–H groups in total. The molecule has 4 heteroatoms. The van der Waals surface area contributed by atoms with Crippen LogP contribution in [0, 0.1) is 5.92 Å². The third-order valence-corrected chi connectivity index (χ3v) is 2.18. The first-order chi connectivity index (χ1) is 6.45. The Balaban J connectivity index is 1.79. The predicted octanol–water partition coefficient (Wildman–Crippen LogP) is 0.465. The molecule has 0 radical (unpaired) electrons. The van der Waals surface area contributed by atoms with Crippen LogP contribution in [0.4, 0.5) is 0 Å². The van der Waals surface area contributed by atoms with Crippen molar-refractivity contribution in [2.45, 2.75) is 6.42 Å².